The number of hydrogen-bond donors (Lipinski definition) is 1. The molecule has 0 saturated carbocycles. The number of likely N-dealkylation sites (N-methyl/N-ethyl adjacent to an activating group) is 1. The van der Waals surface area contributed by atoms with Crippen LogP contribution in [-0.2, 0) is 46.2 Å². The van der Waals surface area contributed by atoms with Gasteiger partial charge in [0.2, 0.25) is 11.8 Å². The number of aromatic nitrogens is 3. The van der Waals surface area contributed by atoms with Gasteiger partial charge in [-0.1, -0.05) is 105 Å². The van der Waals surface area contributed by atoms with Crippen molar-refractivity contribution in [1.29, 1.82) is 0 Å². The Morgan fingerprint density at radius 2 is 1.21 bits per heavy atom. The lowest BCUT2D eigenvalue weighted by Gasteiger charge is -2.33. The van der Waals surface area contributed by atoms with Crippen molar-refractivity contribution in [2.75, 3.05) is 66.3 Å². The van der Waals surface area contributed by atoms with Crippen molar-refractivity contribution in [1.82, 2.24) is 24.2 Å². The monoisotopic (exact) mass is 927 g/mol. The van der Waals surface area contributed by atoms with Gasteiger partial charge in [0.15, 0.2) is 17.2 Å². The summed E-state index contributed by atoms with van der Waals surface area (Å²) >= 11 is 0. The van der Waals surface area contributed by atoms with E-state index in [1.54, 1.807) is 46.1 Å². The third-order valence-electron chi connectivity index (χ3n) is 11.9. The zero-order valence-corrected chi connectivity index (χ0v) is 39.8. The molecule has 0 bridgehead atoms. The summed E-state index contributed by atoms with van der Waals surface area (Å²) in [7, 11) is 1.64. The minimum Gasteiger partial charge on any atom is -0.481 e. The Morgan fingerprint density at radius 3 is 1.81 bits per heavy atom. The molecule has 358 valence electrons. The van der Waals surface area contributed by atoms with Gasteiger partial charge in [0.25, 0.3) is 0 Å². The summed E-state index contributed by atoms with van der Waals surface area (Å²) in [5.74, 6) is -1.41. The predicted octanol–water partition coefficient (Wildman–Crippen LogP) is 7.58. The van der Waals surface area contributed by atoms with E-state index in [1.807, 2.05) is 97.2 Å². The summed E-state index contributed by atoms with van der Waals surface area (Å²) in [5.41, 5.74) is 5.83. The Labute approximate surface area is 397 Å². The number of imidazole rings is 1. The van der Waals surface area contributed by atoms with E-state index in [4.69, 9.17) is 34.0 Å². The van der Waals surface area contributed by atoms with Gasteiger partial charge in [-0.15, -0.1) is 0 Å². The third-order valence-corrected chi connectivity index (χ3v) is 11.9. The van der Waals surface area contributed by atoms with Gasteiger partial charge >= 0.3 is 12.1 Å². The summed E-state index contributed by atoms with van der Waals surface area (Å²) in [6.07, 6.45) is 1.84. The fraction of sp³-hybridized carbons (Fsp3) is 0.377. The first kappa shape index (κ1) is 50.6. The Kier molecular flexibility index (Phi) is 17.7. The number of carbonyl (C=O) groups is 5. The van der Waals surface area contributed by atoms with Crippen molar-refractivity contribution < 1.29 is 48.0 Å². The molecule has 1 N–H and O–H groups in total. The number of aliphatic carboxylic acids is 1. The molecule has 15 nitrogen and oxygen atoms in total. The number of carboxylic acids is 1. The number of carbonyl (C=O) groups excluding carboxylic acids is 4. The average Bonchev–Trinajstić information content (AvgIpc) is 3.66. The van der Waals surface area contributed by atoms with E-state index < -0.39 is 17.5 Å². The molecule has 0 radical (unpaired) electrons. The molecule has 15 heteroatoms. The van der Waals surface area contributed by atoms with E-state index in [9.17, 15) is 24.0 Å². The van der Waals surface area contributed by atoms with Crippen LogP contribution in [0.3, 0.4) is 0 Å². The van der Waals surface area contributed by atoms with Crippen LogP contribution < -0.4 is 4.74 Å². The number of benzene rings is 3. The van der Waals surface area contributed by atoms with Crippen molar-refractivity contribution >= 4 is 35.2 Å². The highest BCUT2D eigenvalue weighted by Crippen LogP contribution is 2.39. The van der Waals surface area contributed by atoms with E-state index in [1.165, 1.54) is 9.80 Å². The zero-order chi connectivity index (χ0) is 48.8. The van der Waals surface area contributed by atoms with Gasteiger partial charge < -0.3 is 33.9 Å². The maximum Gasteiger partial charge on any atom is 0.416 e. The highest BCUT2D eigenvalue weighted by Gasteiger charge is 2.39. The van der Waals surface area contributed by atoms with Crippen molar-refractivity contribution in [3.8, 4) is 17.1 Å². The highest BCUT2D eigenvalue weighted by molar-refractivity contribution is 6.25. The first-order chi connectivity index (χ1) is 32.6. The molecule has 68 heavy (non-hydrogen) atoms. The number of carboxylic acid groups (broad SMARTS) is 1. The summed E-state index contributed by atoms with van der Waals surface area (Å²) in [6.45, 7) is 9.94. The van der Waals surface area contributed by atoms with Crippen LogP contribution in [0.4, 0.5) is 4.79 Å². The van der Waals surface area contributed by atoms with Crippen LogP contribution >= 0.6 is 0 Å². The molecular weight excluding hydrogens is 867 g/mol. The summed E-state index contributed by atoms with van der Waals surface area (Å²) < 4.78 is 25.0. The lowest BCUT2D eigenvalue weighted by atomic mass is 9.71. The number of ether oxygens (including phenoxy) is 4. The number of hydrogen-bond acceptors (Lipinski definition) is 11. The van der Waals surface area contributed by atoms with Crippen molar-refractivity contribution in [3.63, 3.8) is 0 Å². The lowest BCUT2D eigenvalue weighted by molar-refractivity contribution is -0.138. The number of Topliss-reactive ketones (excluding diaryl/α,β-unsaturated/α-hetero) is 2. The quantitative estimate of drug-likeness (QED) is 0.0475. The SMILES string of the molecule is CC1=C(C)C(=O)C(C(C)(C)CC(=O)N(C)CCN(CCOCCOCCOCCC(=O)O)C(=O)Oc2c(Cc3ccccc3)nc3c(Cc4ccccc4)nc(-c4ccccc4)cn23)=C(C)C1=O. The Hall–Kier alpha value is -6.81. The molecule has 2 amide bonds. The lowest BCUT2D eigenvalue weighted by Crippen LogP contribution is -2.43. The van der Waals surface area contributed by atoms with Gasteiger partial charge in [-0.3, -0.25) is 23.6 Å². The van der Waals surface area contributed by atoms with E-state index in [0.717, 1.165) is 16.7 Å². The van der Waals surface area contributed by atoms with E-state index >= 15 is 0 Å². The van der Waals surface area contributed by atoms with Crippen LogP contribution in [0.1, 0.15) is 70.0 Å². The summed E-state index contributed by atoms with van der Waals surface area (Å²) in [5, 5.41) is 8.79. The van der Waals surface area contributed by atoms with Gasteiger partial charge in [-0.05, 0) is 31.9 Å². The first-order valence-corrected chi connectivity index (χ1v) is 22.8. The molecule has 1 aliphatic carbocycles. The maximum absolute atomic E-state index is 14.6. The zero-order valence-electron chi connectivity index (χ0n) is 39.8. The van der Waals surface area contributed by atoms with Crippen molar-refractivity contribution in [2.24, 2.45) is 5.41 Å². The molecule has 0 saturated heterocycles. The molecule has 0 atom stereocenters. The van der Waals surface area contributed by atoms with Gasteiger partial charge in [0.05, 0.1) is 57.4 Å². The largest absolute Gasteiger partial charge is 0.481 e. The predicted molar refractivity (Wildman–Crippen MR) is 256 cm³/mol. The molecule has 0 aliphatic heterocycles. The van der Waals surface area contributed by atoms with Gasteiger partial charge in [-0.2, -0.15) is 0 Å². The second-order valence-electron chi connectivity index (χ2n) is 17.4. The molecule has 3 aromatic carbocycles. The van der Waals surface area contributed by atoms with Crippen LogP contribution in [0, 0.1) is 5.41 Å². The fourth-order valence-corrected chi connectivity index (χ4v) is 8.03. The molecule has 1 aliphatic rings. The smallest absolute Gasteiger partial charge is 0.416 e. The highest BCUT2D eigenvalue weighted by atomic mass is 16.6. The van der Waals surface area contributed by atoms with E-state index in [-0.39, 0.29) is 95.5 Å². The third kappa shape index (κ3) is 13.2. The standard InChI is InChI=1S/C53H61N5O10/c1-36-37(2)49(63)47(38(3)48(36)62)53(4,5)34-45(59)56(6)23-24-57(25-27-66-29-31-67-30-28-65-26-22-46(60)61)52(64)68-51-43(33-40-18-12-8-13-19-40)55-50-42(32-39-16-10-7-11-17-39)54-44(35-58(50)51)41-20-14-9-15-21-41/h7-21,35H,22-34H2,1-6H3,(H,60,61). The van der Waals surface area contributed by atoms with Crippen LogP contribution in [-0.4, -0.2) is 125 Å². The van der Waals surface area contributed by atoms with Gasteiger partial charge in [-0.25, -0.2) is 14.8 Å². The van der Waals surface area contributed by atoms with Crippen molar-refractivity contribution in [3.05, 3.63) is 142 Å². The molecule has 2 aromatic heterocycles. The Morgan fingerprint density at radius 1 is 0.662 bits per heavy atom. The number of amides is 2. The summed E-state index contributed by atoms with van der Waals surface area (Å²) in [4.78, 5) is 79.0. The molecular formula is C53H61N5O10. The number of ketones is 2. The van der Waals surface area contributed by atoms with E-state index in [2.05, 4.69) is 0 Å². The number of rotatable bonds is 24. The van der Waals surface area contributed by atoms with Crippen molar-refractivity contribution in [2.45, 2.75) is 60.3 Å². The normalized spacial score (nSPS) is 13.1. The molecule has 5 aromatic rings. The number of fused-ring (bicyclic) bond motifs is 1. The van der Waals surface area contributed by atoms with Gasteiger partial charge in [0.1, 0.15) is 5.69 Å². The maximum atomic E-state index is 14.6. The minimum atomic E-state index is -0.950. The Balaban J connectivity index is 1.25. The van der Waals surface area contributed by atoms with Crippen LogP contribution in [0.25, 0.3) is 16.9 Å². The Bertz CT molecular complexity index is 2640. The second-order valence-corrected chi connectivity index (χ2v) is 17.4. The van der Waals surface area contributed by atoms with Gasteiger partial charge in [0, 0.05) is 85.4 Å². The molecule has 6 rings (SSSR count). The van der Waals surface area contributed by atoms with Crippen LogP contribution in [0.2, 0.25) is 0 Å². The molecule has 0 unspecified atom stereocenters. The minimum absolute atomic E-state index is 0.0482. The number of allylic oxidation sites excluding steroid dienone is 4. The fourth-order valence-electron chi connectivity index (χ4n) is 8.03. The van der Waals surface area contributed by atoms with Crippen LogP contribution in [0.15, 0.2) is 119 Å². The molecule has 0 spiro atoms. The van der Waals surface area contributed by atoms with Crippen LogP contribution in [0.5, 0.6) is 5.88 Å². The molecule has 0 fully saturated rings. The number of nitrogens with zero attached hydrogens (tertiary/aromatic N) is 5. The summed E-state index contributed by atoms with van der Waals surface area (Å²) in [6, 6.07) is 29.5. The topological polar surface area (TPSA) is 179 Å². The molecule has 2 heterocycles. The average molecular weight is 928 g/mol. The van der Waals surface area contributed by atoms with E-state index in [0.29, 0.717) is 57.9 Å². The second kappa shape index (κ2) is 23.8. The first-order valence-electron chi connectivity index (χ1n) is 22.8.